The Balaban J connectivity index is 2.70. The third-order valence-electron chi connectivity index (χ3n) is 2.45. The third-order valence-corrected chi connectivity index (χ3v) is 2.45. The first kappa shape index (κ1) is 15.3. The molecule has 0 aliphatic heterocycles. The summed E-state index contributed by atoms with van der Waals surface area (Å²) in [6, 6.07) is 7.13. The van der Waals surface area contributed by atoms with Gasteiger partial charge in [-0.1, -0.05) is 17.9 Å². The molecule has 1 aromatic carbocycles. The zero-order valence-electron chi connectivity index (χ0n) is 11.4. The first-order valence-corrected chi connectivity index (χ1v) is 6.25. The summed E-state index contributed by atoms with van der Waals surface area (Å²) < 4.78 is 5.43. The Morgan fingerprint density at radius 2 is 2.16 bits per heavy atom. The highest BCUT2D eigenvalue weighted by Crippen LogP contribution is 2.21. The van der Waals surface area contributed by atoms with Gasteiger partial charge in [0, 0.05) is 0 Å². The Morgan fingerprint density at radius 1 is 1.42 bits per heavy atom. The average Bonchev–Trinajstić information content (AvgIpc) is 2.36. The fourth-order valence-electron chi connectivity index (χ4n) is 1.61. The maximum absolute atomic E-state index is 9.84. The van der Waals surface area contributed by atoms with Gasteiger partial charge in [0.15, 0.2) is 12.4 Å². The predicted molar refractivity (Wildman–Crippen MR) is 75.1 cm³/mol. The molecule has 0 spiro atoms. The zero-order chi connectivity index (χ0) is 14.3. The van der Waals surface area contributed by atoms with Crippen molar-refractivity contribution >= 4 is 0 Å². The summed E-state index contributed by atoms with van der Waals surface area (Å²) in [5, 5.41) is 19.4. The summed E-state index contributed by atoms with van der Waals surface area (Å²) in [7, 11) is 0. The van der Waals surface area contributed by atoms with Gasteiger partial charge < -0.3 is 20.7 Å². The molecule has 4 heteroatoms. The van der Waals surface area contributed by atoms with E-state index >= 15 is 0 Å². The minimum absolute atomic E-state index is 0.0490. The van der Waals surface area contributed by atoms with E-state index in [4.69, 9.17) is 10.5 Å². The highest BCUT2D eigenvalue weighted by atomic mass is 16.5. The molecule has 1 unspecified atom stereocenters. The summed E-state index contributed by atoms with van der Waals surface area (Å²) >= 11 is 0. The van der Waals surface area contributed by atoms with Crippen molar-refractivity contribution in [2.24, 2.45) is 5.73 Å². The largest absolute Gasteiger partial charge is 0.502 e. The summed E-state index contributed by atoms with van der Waals surface area (Å²) in [6.45, 7) is 4.18. The molecule has 1 rings (SSSR count). The van der Waals surface area contributed by atoms with Crippen LogP contribution in [0.4, 0.5) is 0 Å². The Morgan fingerprint density at radius 3 is 2.79 bits per heavy atom. The molecule has 0 aliphatic rings. The van der Waals surface area contributed by atoms with Crippen LogP contribution in [0.15, 0.2) is 41.3 Å². The molecule has 0 saturated carbocycles. The van der Waals surface area contributed by atoms with Crippen LogP contribution in [0.25, 0.3) is 0 Å². The molecule has 0 fully saturated rings. The summed E-state index contributed by atoms with van der Waals surface area (Å²) in [4.78, 5) is 0. The first-order valence-electron chi connectivity index (χ1n) is 6.25. The quantitative estimate of drug-likeness (QED) is 0.544. The number of rotatable bonds is 6. The van der Waals surface area contributed by atoms with E-state index in [-0.39, 0.29) is 12.4 Å². The van der Waals surface area contributed by atoms with E-state index in [2.05, 4.69) is 5.73 Å². The van der Waals surface area contributed by atoms with Crippen LogP contribution in [0.2, 0.25) is 0 Å². The van der Waals surface area contributed by atoms with E-state index in [9.17, 15) is 10.2 Å². The van der Waals surface area contributed by atoms with E-state index in [1.54, 1.807) is 18.2 Å². The van der Waals surface area contributed by atoms with Crippen LogP contribution in [-0.2, 0) is 0 Å². The molecule has 1 atom stereocenters. The van der Waals surface area contributed by atoms with Crippen molar-refractivity contribution in [3.05, 3.63) is 46.9 Å². The van der Waals surface area contributed by atoms with Gasteiger partial charge in [0.05, 0.1) is 6.10 Å². The lowest BCUT2D eigenvalue weighted by Gasteiger charge is -2.11. The standard InChI is InChI=1S/C15H21NO3/c1-11(2)8-13(17)10-19-14-5-3-4-12(9-14)15(18)6-7-16/h3-5,9,15,17-18H,6-7,10,16H2,1-2H3. The van der Waals surface area contributed by atoms with Crippen molar-refractivity contribution in [3.8, 4) is 5.75 Å². The second-order valence-corrected chi connectivity index (χ2v) is 4.53. The smallest absolute Gasteiger partial charge is 0.173 e. The molecule has 19 heavy (non-hydrogen) atoms. The molecule has 4 N–H and O–H groups in total. The molecule has 0 radical (unpaired) electrons. The van der Waals surface area contributed by atoms with Crippen molar-refractivity contribution in [1.29, 1.82) is 0 Å². The van der Waals surface area contributed by atoms with Gasteiger partial charge in [0.1, 0.15) is 5.75 Å². The molecular formula is C15H21NO3. The minimum Gasteiger partial charge on any atom is -0.502 e. The van der Waals surface area contributed by atoms with Gasteiger partial charge in [0.2, 0.25) is 0 Å². The molecule has 4 nitrogen and oxygen atoms in total. The lowest BCUT2D eigenvalue weighted by atomic mass is 10.1. The van der Waals surface area contributed by atoms with Gasteiger partial charge in [-0.25, -0.2) is 0 Å². The second kappa shape index (κ2) is 7.64. The van der Waals surface area contributed by atoms with Crippen LogP contribution in [-0.4, -0.2) is 23.4 Å². The Hall–Kier alpha value is -1.74. The first-order chi connectivity index (χ1) is 9.02. The molecule has 0 aromatic heterocycles. The van der Waals surface area contributed by atoms with Crippen LogP contribution >= 0.6 is 0 Å². The number of aliphatic hydroxyl groups excluding tert-OH is 2. The Labute approximate surface area is 113 Å². The van der Waals surface area contributed by atoms with Crippen LogP contribution in [0.1, 0.15) is 31.9 Å². The van der Waals surface area contributed by atoms with Crippen LogP contribution < -0.4 is 10.5 Å². The van der Waals surface area contributed by atoms with Crippen molar-refractivity contribution in [2.45, 2.75) is 26.4 Å². The summed E-state index contributed by atoms with van der Waals surface area (Å²) in [5.41, 5.74) is 9.82. The fraction of sp³-hybridized carbons (Fsp3) is 0.400. The Kier molecular flexibility index (Phi) is 6.16. The molecule has 0 saturated heterocycles. The number of aliphatic hydroxyl groups is 2. The van der Waals surface area contributed by atoms with Gasteiger partial charge in [-0.05, 0) is 50.1 Å². The zero-order valence-corrected chi connectivity index (χ0v) is 11.4. The van der Waals surface area contributed by atoms with Crippen LogP contribution in [0.3, 0.4) is 0 Å². The number of nitrogens with two attached hydrogens (primary N) is 1. The third kappa shape index (κ3) is 5.62. The van der Waals surface area contributed by atoms with E-state index in [0.29, 0.717) is 18.7 Å². The normalized spacial score (nSPS) is 11.6. The van der Waals surface area contributed by atoms with Crippen molar-refractivity contribution in [3.63, 3.8) is 0 Å². The van der Waals surface area contributed by atoms with E-state index in [1.807, 2.05) is 19.9 Å². The van der Waals surface area contributed by atoms with E-state index in [0.717, 1.165) is 11.1 Å². The van der Waals surface area contributed by atoms with Gasteiger partial charge in [0.25, 0.3) is 0 Å². The topological polar surface area (TPSA) is 75.7 Å². The average molecular weight is 263 g/mol. The van der Waals surface area contributed by atoms with Gasteiger partial charge in [-0.2, -0.15) is 0 Å². The maximum Gasteiger partial charge on any atom is 0.173 e. The highest BCUT2D eigenvalue weighted by Gasteiger charge is 2.07. The summed E-state index contributed by atoms with van der Waals surface area (Å²) in [5.74, 6) is 0.642. The number of hydrogen-bond acceptors (Lipinski definition) is 4. The van der Waals surface area contributed by atoms with Gasteiger partial charge in [-0.3, -0.25) is 0 Å². The molecule has 0 amide bonds. The van der Waals surface area contributed by atoms with Crippen LogP contribution in [0, 0.1) is 0 Å². The molecule has 104 valence electrons. The van der Waals surface area contributed by atoms with Gasteiger partial charge in [-0.15, -0.1) is 0 Å². The molecule has 0 aliphatic carbocycles. The molecule has 1 aromatic rings. The molecule has 0 heterocycles. The lowest BCUT2D eigenvalue weighted by Crippen LogP contribution is -2.07. The highest BCUT2D eigenvalue weighted by molar-refractivity contribution is 5.30. The molecule has 0 bridgehead atoms. The van der Waals surface area contributed by atoms with Crippen LogP contribution in [0.5, 0.6) is 5.75 Å². The van der Waals surface area contributed by atoms with E-state index < -0.39 is 6.10 Å². The van der Waals surface area contributed by atoms with Crippen molar-refractivity contribution < 1.29 is 14.9 Å². The SMILES string of the molecule is CC(C)=C=C(O)COc1cccc(C(O)CCN)c1. The number of hydrogen-bond donors (Lipinski definition) is 3. The van der Waals surface area contributed by atoms with Crippen molar-refractivity contribution in [1.82, 2.24) is 0 Å². The monoisotopic (exact) mass is 263 g/mol. The molecular weight excluding hydrogens is 242 g/mol. The minimum atomic E-state index is -0.588. The second-order valence-electron chi connectivity index (χ2n) is 4.53. The maximum atomic E-state index is 9.84. The van der Waals surface area contributed by atoms with E-state index in [1.165, 1.54) is 0 Å². The number of benzene rings is 1. The fourth-order valence-corrected chi connectivity index (χ4v) is 1.61. The predicted octanol–water partition coefficient (Wildman–Crippen LogP) is 2.45. The van der Waals surface area contributed by atoms with Gasteiger partial charge >= 0.3 is 0 Å². The number of ether oxygens (including phenoxy) is 1. The lowest BCUT2D eigenvalue weighted by molar-refractivity contribution is 0.169. The Bertz CT molecular complexity index is 472. The van der Waals surface area contributed by atoms with Crippen molar-refractivity contribution in [2.75, 3.05) is 13.2 Å². The summed E-state index contributed by atoms with van der Waals surface area (Å²) in [6.07, 6.45) is -0.0812.